The number of benzene rings is 2. The number of aromatic nitrogens is 1. The molecule has 2 aliphatic heterocycles. The molecule has 2 aromatic carbocycles. The lowest BCUT2D eigenvalue weighted by atomic mass is 9.93. The molecule has 0 atom stereocenters. The maximum Gasteiger partial charge on any atom is 0.231 e. The SMILES string of the molecule is CCCCc1c2c(OC)c(OC)cc(Br)c2cc2[n+]1CCc1cc3c(cc1-2)OCO3. The van der Waals surface area contributed by atoms with Crippen molar-refractivity contribution in [3.63, 3.8) is 0 Å². The van der Waals surface area contributed by atoms with Gasteiger partial charge in [-0.15, -0.1) is 0 Å². The zero-order chi connectivity index (χ0) is 20.8. The average molecular weight is 471 g/mol. The largest absolute Gasteiger partial charge is 0.493 e. The summed E-state index contributed by atoms with van der Waals surface area (Å²) in [6, 6.07) is 8.52. The first kappa shape index (κ1) is 19.5. The van der Waals surface area contributed by atoms with E-state index in [0.29, 0.717) is 6.79 Å². The van der Waals surface area contributed by atoms with Gasteiger partial charge in [-0.05, 0) is 30.2 Å². The van der Waals surface area contributed by atoms with E-state index in [2.05, 4.69) is 45.6 Å². The minimum atomic E-state index is 0.292. The Hall–Kier alpha value is -2.47. The van der Waals surface area contributed by atoms with Gasteiger partial charge in [-0.1, -0.05) is 29.3 Å². The number of hydrogen-bond donors (Lipinski definition) is 0. The van der Waals surface area contributed by atoms with Crippen LogP contribution in [0.25, 0.3) is 22.0 Å². The zero-order valence-corrected chi connectivity index (χ0v) is 19.1. The minimum absolute atomic E-state index is 0.292. The van der Waals surface area contributed by atoms with E-state index in [-0.39, 0.29) is 0 Å². The number of fused-ring (bicyclic) bond motifs is 5. The minimum Gasteiger partial charge on any atom is -0.493 e. The van der Waals surface area contributed by atoms with E-state index in [1.54, 1.807) is 14.2 Å². The van der Waals surface area contributed by atoms with Crippen LogP contribution in [-0.4, -0.2) is 21.0 Å². The molecule has 3 aromatic rings. The first-order valence-electron chi connectivity index (χ1n) is 10.4. The lowest BCUT2D eigenvalue weighted by Crippen LogP contribution is -2.44. The van der Waals surface area contributed by atoms with Crippen molar-refractivity contribution in [1.82, 2.24) is 0 Å². The van der Waals surface area contributed by atoms with Crippen LogP contribution in [0.4, 0.5) is 0 Å². The molecule has 0 saturated heterocycles. The highest BCUT2D eigenvalue weighted by atomic mass is 79.9. The van der Waals surface area contributed by atoms with E-state index in [1.807, 2.05) is 6.07 Å². The molecule has 0 amide bonds. The number of aryl methyl sites for hydroxylation is 2. The fourth-order valence-corrected chi connectivity index (χ4v) is 5.17. The Morgan fingerprint density at radius 2 is 1.87 bits per heavy atom. The van der Waals surface area contributed by atoms with Crippen LogP contribution in [0.2, 0.25) is 0 Å². The van der Waals surface area contributed by atoms with E-state index in [0.717, 1.165) is 70.5 Å². The second kappa shape index (κ2) is 7.65. The Morgan fingerprint density at radius 1 is 1.07 bits per heavy atom. The molecule has 0 unspecified atom stereocenters. The van der Waals surface area contributed by atoms with Crippen LogP contribution >= 0.6 is 15.9 Å². The third-order valence-electron chi connectivity index (χ3n) is 6.09. The van der Waals surface area contributed by atoms with Crippen LogP contribution < -0.4 is 23.5 Å². The van der Waals surface area contributed by atoms with Crippen LogP contribution in [0.1, 0.15) is 31.0 Å². The highest BCUT2D eigenvalue weighted by Crippen LogP contribution is 2.45. The predicted octanol–water partition coefficient (Wildman–Crippen LogP) is 5.20. The van der Waals surface area contributed by atoms with E-state index in [1.165, 1.54) is 22.5 Å². The van der Waals surface area contributed by atoms with Gasteiger partial charge in [-0.3, -0.25) is 0 Å². The monoisotopic (exact) mass is 470 g/mol. The molecule has 0 bridgehead atoms. The third kappa shape index (κ3) is 2.92. The molecule has 3 heterocycles. The summed E-state index contributed by atoms with van der Waals surface area (Å²) in [4.78, 5) is 0. The number of methoxy groups -OCH3 is 2. The van der Waals surface area contributed by atoms with E-state index in [9.17, 15) is 0 Å². The molecule has 0 fully saturated rings. The van der Waals surface area contributed by atoms with Crippen molar-refractivity contribution < 1.29 is 23.5 Å². The standard InChI is InChI=1S/C24H25BrNO4/c1-4-5-6-18-23-16(17(25)12-22(27-2)24(23)28-3)10-19-15-11-21-20(29-13-30-21)9-14(15)7-8-26(18)19/h9-12H,4-8,13H2,1-3H3/q+1. The van der Waals surface area contributed by atoms with E-state index < -0.39 is 0 Å². The molecule has 0 saturated carbocycles. The first-order valence-corrected chi connectivity index (χ1v) is 11.2. The van der Waals surface area contributed by atoms with Crippen LogP contribution in [0.3, 0.4) is 0 Å². The van der Waals surface area contributed by atoms with Crippen molar-refractivity contribution in [2.75, 3.05) is 21.0 Å². The molecule has 5 rings (SSSR count). The maximum atomic E-state index is 5.85. The number of pyridine rings is 1. The van der Waals surface area contributed by atoms with Gasteiger partial charge >= 0.3 is 0 Å². The lowest BCUT2D eigenvalue weighted by Gasteiger charge is -2.21. The highest BCUT2D eigenvalue weighted by Gasteiger charge is 2.33. The third-order valence-corrected chi connectivity index (χ3v) is 6.75. The summed E-state index contributed by atoms with van der Waals surface area (Å²) in [6.07, 6.45) is 4.19. The normalized spacial score (nSPS) is 13.9. The van der Waals surface area contributed by atoms with Gasteiger partial charge in [0.1, 0.15) is 0 Å². The van der Waals surface area contributed by atoms with Crippen molar-refractivity contribution in [2.45, 2.75) is 39.2 Å². The summed E-state index contributed by atoms with van der Waals surface area (Å²) in [7, 11) is 3.40. The molecular weight excluding hydrogens is 446 g/mol. The van der Waals surface area contributed by atoms with E-state index in [4.69, 9.17) is 18.9 Å². The fraction of sp³-hybridized carbons (Fsp3) is 0.375. The molecule has 30 heavy (non-hydrogen) atoms. The smallest absolute Gasteiger partial charge is 0.231 e. The van der Waals surface area contributed by atoms with Gasteiger partial charge in [-0.25, -0.2) is 0 Å². The summed E-state index contributed by atoms with van der Waals surface area (Å²) in [5.41, 5.74) is 5.02. The second-order valence-corrected chi connectivity index (χ2v) is 8.58. The molecule has 5 nitrogen and oxygen atoms in total. The Kier molecular flexibility index (Phi) is 4.97. The number of halogens is 1. The fourth-order valence-electron chi connectivity index (χ4n) is 4.64. The number of hydrogen-bond acceptors (Lipinski definition) is 4. The van der Waals surface area contributed by atoms with Crippen molar-refractivity contribution in [3.8, 4) is 34.3 Å². The van der Waals surface area contributed by atoms with Gasteiger partial charge in [-0.2, -0.15) is 4.57 Å². The second-order valence-electron chi connectivity index (χ2n) is 7.73. The van der Waals surface area contributed by atoms with Gasteiger partial charge < -0.3 is 18.9 Å². The predicted molar refractivity (Wildman–Crippen MR) is 119 cm³/mol. The summed E-state index contributed by atoms with van der Waals surface area (Å²) in [5, 5.41) is 2.26. The Labute approximate surface area is 184 Å². The number of rotatable bonds is 5. The summed E-state index contributed by atoms with van der Waals surface area (Å²) in [5.74, 6) is 3.22. The first-order chi connectivity index (χ1) is 14.7. The molecule has 2 aliphatic rings. The Bertz CT molecular complexity index is 1160. The number of unbranched alkanes of at least 4 members (excludes halogenated alkanes) is 1. The van der Waals surface area contributed by atoms with Crippen molar-refractivity contribution in [3.05, 3.63) is 40.0 Å². The highest BCUT2D eigenvalue weighted by molar-refractivity contribution is 9.10. The molecule has 1 aromatic heterocycles. The molecule has 0 radical (unpaired) electrons. The summed E-state index contributed by atoms with van der Waals surface area (Å²) >= 11 is 3.78. The quantitative estimate of drug-likeness (QED) is 0.480. The Morgan fingerprint density at radius 3 is 2.60 bits per heavy atom. The average Bonchev–Trinajstić information content (AvgIpc) is 3.22. The van der Waals surface area contributed by atoms with Crippen LogP contribution in [0, 0.1) is 0 Å². The van der Waals surface area contributed by atoms with Gasteiger partial charge in [0.05, 0.1) is 25.2 Å². The van der Waals surface area contributed by atoms with Crippen LogP contribution in [-0.2, 0) is 19.4 Å². The number of ether oxygens (including phenoxy) is 4. The molecule has 0 aliphatic carbocycles. The molecular formula is C24H25BrNO4+. The summed E-state index contributed by atoms with van der Waals surface area (Å²) < 4.78 is 26.2. The van der Waals surface area contributed by atoms with Gasteiger partial charge in [0.15, 0.2) is 35.2 Å². The van der Waals surface area contributed by atoms with Gasteiger partial charge in [0.25, 0.3) is 0 Å². The Balaban J connectivity index is 1.84. The maximum absolute atomic E-state index is 5.85. The number of nitrogens with zero attached hydrogens (tertiary/aromatic N) is 1. The van der Waals surface area contributed by atoms with Crippen LogP contribution in [0.15, 0.2) is 28.7 Å². The summed E-state index contributed by atoms with van der Waals surface area (Å²) in [6.45, 7) is 3.45. The van der Waals surface area contributed by atoms with Crippen molar-refractivity contribution in [2.24, 2.45) is 0 Å². The van der Waals surface area contributed by atoms with Crippen molar-refractivity contribution in [1.29, 1.82) is 0 Å². The topological polar surface area (TPSA) is 40.8 Å². The molecule has 6 heteroatoms. The lowest BCUT2D eigenvalue weighted by molar-refractivity contribution is -0.693. The van der Waals surface area contributed by atoms with E-state index >= 15 is 0 Å². The van der Waals surface area contributed by atoms with Crippen LogP contribution in [0.5, 0.6) is 23.0 Å². The zero-order valence-electron chi connectivity index (χ0n) is 17.5. The molecule has 0 spiro atoms. The van der Waals surface area contributed by atoms with Gasteiger partial charge in [0, 0.05) is 28.8 Å². The molecule has 0 N–H and O–H groups in total. The molecule has 156 valence electrons. The van der Waals surface area contributed by atoms with Crippen molar-refractivity contribution >= 4 is 26.7 Å². The van der Waals surface area contributed by atoms with Gasteiger partial charge in [0.2, 0.25) is 12.5 Å².